The number of pyridine rings is 1. The summed E-state index contributed by atoms with van der Waals surface area (Å²) in [6.45, 7) is 0. The highest BCUT2D eigenvalue weighted by atomic mass is 35.5. The highest BCUT2D eigenvalue weighted by molar-refractivity contribution is 6.33. The number of nitrogen functional groups attached to an aromatic ring is 1. The van der Waals surface area contributed by atoms with Crippen LogP contribution in [0.2, 0.25) is 5.02 Å². The van der Waals surface area contributed by atoms with Crippen LogP contribution in [0.15, 0.2) is 36.7 Å². The lowest BCUT2D eigenvalue weighted by molar-refractivity contribution is 0.632. The van der Waals surface area contributed by atoms with Crippen molar-refractivity contribution in [3.8, 4) is 11.8 Å². The zero-order valence-electron chi connectivity index (χ0n) is 8.74. The Labute approximate surface area is 103 Å². The fourth-order valence-corrected chi connectivity index (χ4v) is 1.45. The van der Waals surface area contributed by atoms with E-state index < -0.39 is 5.82 Å². The number of hydrogen-bond donors (Lipinski definition) is 1. The van der Waals surface area contributed by atoms with Crippen LogP contribution in [0, 0.1) is 17.7 Å². The Balaban J connectivity index is 2.35. The fourth-order valence-electron chi connectivity index (χ4n) is 1.24. The molecule has 0 amide bonds. The van der Waals surface area contributed by atoms with Crippen molar-refractivity contribution in [3.05, 3.63) is 58.6 Å². The normalized spacial score (nSPS) is 9.53. The van der Waals surface area contributed by atoms with Gasteiger partial charge in [0.25, 0.3) is 0 Å². The third-order valence-electron chi connectivity index (χ3n) is 2.09. The third kappa shape index (κ3) is 2.74. The van der Waals surface area contributed by atoms with Crippen LogP contribution < -0.4 is 5.73 Å². The van der Waals surface area contributed by atoms with Gasteiger partial charge in [0, 0.05) is 23.5 Å². The van der Waals surface area contributed by atoms with E-state index in [1.807, 2.05) is 6.07 Å². The number of halogens is 2. The molecule has 17 heavy (non-hydrogen) atoms. The van der Waals surface area contributed by atoms with Gasteiger partial charge < -0.3 is 5.73 Å². The number of hydrogen-bond acceptors (Lipinski definition) is 2. The number of aromatic nitrogens is 1. The van der Waals surface area contributed by atoms with Crippen molar-refractivity contribution in [1.82, 2.24) is 4.98 Å². The summed E-state index contributed by atoms with van der Waals surface area (Å²) < 4.78 is 13.3. The van der Waals surface area contributed by atoms with E-state index in [9.17, 15) is 4.39 Å². The van der Waals surface area contributed by atoms with Gasteiger partial charge in [0.15, 0.2) is 0 Å². The van der Waals surface area contributed by atoms with E-state index in [4.69, 9.17) is 17.3 Å². The lowest BCUT2D eigenvalue weighted by Crippen LogP contribution is -1.92. The molecule has 0 fully saturated rings. The first-order valence-electron chi connectivity index (χ1n) is 4.83. The van der Waals surface area contributed by atoms with E-state index in [0.717, 1.165) is 5.56 Å². The molecule has 1 aromatic heterocycles. The molecular formula is C13H8ClFN2. The molecule has 0 bridgehead atoms. The Morgan fingerprint density at radius 2 is 2.00 bits per heavy atom. The van der Waals surface area contributed by atoms with Gasteiger partial charge in [-0.3, -0.25) is 4.98 Å². The molecule has 0 spiro atoms. The minimum atomic E-state index is -0.562. The zero-order chi connectivity index (χ0) is 12.3. The molecule has 0 saturated heterocycles. The molecular weight excluding hydrogens is 239 g/mol. The van der Waals surface area contributed by atoms with Crippen molar-refractivity contribution in [2.45, 2.75) is 0 Å². The van der Waals surface area contributed by atoms with Gasteiger partial charge in [-0.05, 0) is 24.3 Å². The van der Waals surface area contributed by atoms with Crippen molar-refractivity contribution >= 4 is 17.3 Å². The summed E-state index contributed by atoms with van der Waals surface area (Å²) in [5.74, 6) is 5.09. The van der Waals surface area contributed by atoms with E-state index in [2.05, 4.69) is 16.8 Å². The summed E-state index contributed by atoms with van der Waals surface area (Å²) >= 11 is 5.76. The molecule has 84 valence electrons. The number of nitrogens with two attached hydrogens (primary N) is 1. The molecule has 0 aliphatic carbocycles. The Morgan fingerprint density at radius 1 is 1.24 bits per heavy atom. The van der Waals surface area contributed by atoms with E-state index in [1.165, 1.54) is 12.1 Å². The van der Waals surface area contributed by atoms with Gasteiger partial charge in [0.2, 0.25) is 0 Å². The summed E-state index contributed by atoms with van der Waals surface area (Å²) in [6.07, 6.45) is 3.28. The molecule has 0 aliphatic rings. The van der Waals surface area contributed by atoms with Crippen LogP contribution in [0.4, 0.5) is 10.1 Å². The number of anilines is 1. The number of rotatable bonds is 0. The Morgan fingerprint density at radius 3 is 2.65 bits per heavy atom. The second-order valence-corrected chi connectivity index (χ2v) is 3.75. The Bertz CT molecular complexity index is 577. The summed E-state index contributed by atoms with van der Waals surface area (Å²) in [4.78, 5) is 3.92. The molecule has 0 saturated carbocycles. The summed E-state index contributed by atoms with van der Waals surface area (Å²) in [5.41, 5.74) is 6.56. The summed E-state index contributed by atoms with van der Waals surface area (Å²) in [5, 5.41) is 0.167. The molecule has 1 heterocycles. The number of nitrogens with zero attached hydrogens (tertiary/aromatic N) is 1. The first kappa shape index (κ1) is 11.4. The van der Waals surface area contributed by atoms with Gasteiger partial charge in [0.05, 0.1) is 10.7 Å². The smallest absolute Gasteiger partial charge is 0.148 e. The van der Waals surface area contributed by atoms with Crippen LogP contribution in [0.5, 0.6) is 0 Å². The molecule has 2 nitrogen and oxygen atoms in total. The predicted molar refractivity (Wildman–Crippen MR) is 66.0 cm³/mol. The van der Waals surface area contributed by atoms with Gasteiger partial charge in [0.1, 0.15) is 5.82 Å². The predicted octanol–water partition coefficient (Wildman–Crippen LogP) is 2.86. The molecule has 0 unspecified atom stereocenters. The van der Waals surface area contributed by atoms with Crippen molar-refractivity contribution in [2.24, 2.45) is 0 Å². The molecule has 1 aromatic carbocycles. The first-order chi connectivity index (χ1) is 8.16. The van der Waals surface area contributed by atoms with Gasteiger partial charge in [-0.25, -0.2) is 4.39 Å². The van der Waals surface area contributed by atoms with E-state index in [-0.39, 0.29) is 10.7 Å². The van der Waals surface area contributed by atoms with Gasteiger partial charge in [-0.2, -0.15) is 0 Å². The van der Waals surface area contributed by atoms with Crippen LogP contribution in [0.25, 0.3) is 0 Å². The highest BCUT2D eigenvalue weighted by Gasteiger charge is 2.04. The Kier molecular flexibility index (Phi) is 3.27. The quantitative estimate of drug-likeness (QED) is 0.573. The van der Waals surface area contributed by atoms with E-state index in [0.29, 0.717) is 5.56 Å². The van der Waals surface area contributed by atoms with Crippen molar-refractivity contribution in [1.29, 1.82) is 0 Å². The topological polar surface area (TPSA) is 38.9 Å². The van der Waals surface area contributed by atoms with Crippen LogP contribution in [-0.2, 0) is 0 Å². The fraction of sp³-hybridized carbons (Fsp3) is 0. The SMILES string of the molecule is Nc1c(F)cc(C#Cc2cccnc2)cc1Cl. The van der Waals surface area contributed by atoms with Crippen molar-refractivity contribution in [2.75, 3.05) is 5.73 Å². The van der Waals surface area contributed by atoms with Crippen LogP contribution in [0.3, 0.4) is 0 Å². The molecule has 2 aromatic rings. The van der Waals surface area contributed by atoms with Gasteiger partial charge >= 0.3 is 0 Å². The average Bonchev–Trinajstić information content (AvgIpc) is 2.34. The maximum Gasteiger partial charge on any atom is 0.148 e. The highest BCUT2D eigenvalue weighted by Crippen LogP contribution is 2.23. The molecule has 2 N–H and O–H groups in total. The van der Waals surface area contributed by atoms with Gasteiger partial charge in [-0.15, -0.1) is 0 Å². The second-order valence-electron chi connectivity index (χ2n) is 3.35. The average molecular weight is 247 g/mol. The molecule has 4 heteroatoms. The maximum atomic E-state index is 13.3. The minimum absolute atomic E-state index is 0.0569. The summed E-state index contributed by atoms with van der Waals surface area (Å²) in [7, 11) is 0. The lowest BCUT2D eigenvalue weighted by Gasteiger charge is -1.99. The number of benzene rings is 1. The molecule has 2 rings (SSSR count). The van der Waals surface area contributed by atoms with Crippen LogP contribution in [-0.4, -0.2) is 4.98 Å². The molecule has 0 radical (unpaired) electrons. The molecule has 0 aliphatic heterocycles. The standard InChI is InChI=1S/C13H8ClFN2/c14-11-6-10(7-12(15)13(11)16)4-3-9-2-1-5-17-8-9/h1-2,5-8H,16H2. The first-order valence-corrected chi connectivity index (χ1v) is 5.21. The van der Waals surface area contributed by atoms with E-state index >= 15 is 0 Å². The monoisotopic (exact) mass is 246 g/mol. The van der Waals surface area contributed by atoms with Crippen molar-refractivity contribution in [3.63, 3.8) is 0 Å². The van der Waals surface area contributed by atoms with E-state index in [1.54, 1.807) is 18.5 Å². The third-order valence-corrected chi connectivity index (χ3v) is 2.40. The Hall–Kier alpha value is -2.05. The largest absolute Gasteiger partial charge is 0.395 e. The zero-order valence-corrected chi connectivity index (χ0v) is 9.50. The minimum Gasteiger partial charge on any atom is -0.395 e. The maximum absolute atomic E-state index is 13.3. The van der Waals surface area contributed by atoms with Crippen LogP contribution >= 0.6 is 11.6 Å². The van der Waals surface area contributed by atoms with Crippen LogP contribution in [0.1, 0.15) is 11.1 Å². The van der Waals surface area contributed by atoms with Crippen molar-refractivity contribution < 1.29 is 4.39 Å². The summed E-state index contributed by atoms with van der Waals surface area (Å²) in [6, 6.07) is 6.38. The lowest BCUT2D eigenvalue weighted by atomic mass is 10.2. The van der Waals surface area contributed by atoms with Gasteiger partial charge in [-0.1, -0.05) is 23.4 Å². The molecule has 0 atom stereocenters. The second kappa shape index (κ2) is 4.86.